The predicted molar refractivity (Wildman–Crippen MR) is 26.6 cm³/mol. The maximum Gasteiger partial charge on any atom is 0.338 e. The zero-order valence-electron chi connectivity index (χ0n) is 4.00. The summed E-state index contributed by atoms with van der Waals surface area (Å²) in [7, 11) is 0. The molecular weight excluding hydrogens is 108 g/mol. The van der Waals surface area contributed by atoms with Gasteiger partial charge < -0.3 is 9.52 Å². The van der Waals surface area contributed by atoms with Crippen molar-refractivity contribution in [1.29, 1.82) is 0 Å². The first-order valence-electron chi connectivity index (χ1n) is 2.08. The van der Waals surface area contributed by atoms with Crippen molar-refractivity contribution in [3.8, 4) is 5.95 Å². The highest BCUT2D eigenvalue weighted by atomic mass is 16.5. The maximum atomic E-state index is 10.2. The molecule has 1 heterocycles. The van der Waals surface area contributed by atoms with Gasteiger partial charge in [0.2, 0.25) is 0 Å². The van der Waals surface area contributed by atoms with Gasteiger partial charge in [0.25, 0.3) is 5.95 Å². The van der Waals surface area contributed by atoms with Crippen LogP contribution in [0.25, 0.3) is 0 Å². The molecule has 1 aromatic rings. The van der Waals surface area contributed by atoms with Gasteiger partial charge in [0.05, 0.1) is 0 Å². The average molecular weight is 112 g/mol. The summed E-state index contributed by atoms with van der Waals surface area (Å²) in [5.41, 5.74) is -0.537. The van der Waals surface area contributed by atoms with Crippen LogP contribution in [0.1, 0.15) is 0 Å². The minimum atomic E-state index is -0.537. The van der Waals surface area contributed by atoms with E-state index in [2.05, 4.69) is 4.42 Å². The smallest absolute Gasteiger partial charge is 0.338 e. The second-order valence-electron chi connectivity index (χ2n) is 1.29. The van der Waals surface area contributed by atoms with E-state index in [0.29, 0.717) is 0 Å². The molecule has 1 rings (SSSR count). The van der Waals surface area contributed by atoms with E-state index in [9.17, 15) is 4.79 Å². The Kier molecular flexibility index (Phi) is 1.04. The molecule has 0 bridgehead atoms. The lowest BCUT2D eigenvalue weighted by atomic mass is 10.5. The Balaban J connectivity index is 3.28. The highest BCUT2D eigenvalue weighted by molar-refractivity contribution is 5.01. The van der Waals surface area contributed by atoms with E-state index in [1.54, 1.807) is 0 Å². The van der Waals surface area contributed by atoms with Crippen LogP contribution in [0, 0.1) is 0 Å². The van der Waals surface area contributed by atoms with E-state index in [-0.39, 0.29) is 5.95 Å². The molecule has 1 aromatic heterocycles. The highest BCUT2D eigenvalue weighted by Gasteiger charge is 1.85. The molecule has 0 aromatic carbocycles. The van der Waals surface area contributed by atoms with Crippen LogP contribution in [-0.2, 0) is 0 Å². The van der Waals surface area contributed by atoms with Gasteiger partial charge in [-0.2, -0.15) is 0 Å². The molecule has 0 spiro atoms. The molecule has 8 heavy (non-hydrogen) atoms. The second-order valence-corrected chi connectivity index (χ2v) is 1.29. The molecule has 0 aliphatic rings. The van der Waals surface area contributed by atoms with E-state index in [0.717, 1.165) is 0 Å². The van der Waals surface area contributed by atoms with Gasteiger partial charge in [0.15, 0.2) is 0 Å². The molecule has 0 fully saturated rings. The van der Waals surface area contributed by atoms with Crippen LogP contribution in [-0.4, -0.2) is 5.11 Å². The molecule has 0 atom stereocenters. The molecule has 3 heteroatoms. The van der Waals surface area contributed by atoms with Crippen LogP contribution in [0.5, 0.6) is 5.95 Å². The lowest BCUT2D eigenvalue weighted by Gasteiger charge is -1.82. The highest BCUT2D eigenvalue weighted by Crippen LogP contribution is 1.98. The largest absolute Gasteiger partial charge is 0.481 e. The Hall–Kier alpha value is -1.25. The van der Waals surface area contributed by atoms with Crippen LogP contribution in [0.3, 0.4) is 0 Å². The van der Waals surface area contributed by atoms with E-state index in [1.165, 1.54) is 18.2 Å². The Morgan fingerprint density at radius 2 is 2.25 bits per heavy atom. The fraction of sp³-hybridized carbons (Fsp3) is 0. The van der Waals surface area contributed by atoms with Crippen molar-refractivity contribution in [1.82, 2.24) is 0 Å². The van der Waals surface area contributed by atoms with Crippen LogP contribution in [0.15, 0.2) is 27.4 Å². The summed E-state index contributed by atoms with van der Waals surface area (Å²) in [6.45, 7) is 0. The van der Waals surface area contributed by atoms with Gasteiger partial charge >= 0.3 is 5.63 Å². The third-order valence-corrected chi connectivity index (χ3v) is 0.676. The van der Waals surface area contributed by atoms with Gasteiger partial charge in [0.1, 0.15) is 0 Å². The molecule has 0 aliphatic heterocycles. The van der Waals surface area contributed by atoms with Crippen LogP contribution in [0.4, 0.5) is 0 Å². The number of aromatic hydroxyl groups is 1. The first-order chi connectivity index (χ1) is 3.79. The van der Waals surface area contributed by atoms with E-state index in [4.69, 9.17) is 5.11 Å². The van der Waals surface area contributed by atoms with Crippen molar-refractivity contribution in [3.63, 3.8) is 0 Å². The molecule has 0 saturated carbocycles. The molecule has 0 radical (unpaired) electrons. The standard InChI is InChI=1S/C5H4O3/c6-4-2-1-3-5(7)8-4/h1-3,6H. The first kappa shape index (κ1) is 4.90. The number of hydrogen-bond donors (Lipinski definition) is 1. The second kappa shape index (κ2) is 1.69. The number of rotatable bonds is 0. The van der Waals surface area contributed by atoms with Crippen molar-refractivity contribution in [2.24, 2.45) is 0 Å². The summed E-state index contributed by atoms with van der Waals surface area (Å²) in [5.74, 6) is -0.350. The van der Waals surface area contributed by atoms with Crippen molar-refractivity contribution < 1.29 is 9.52 Å². The molecule has 3 nitrogen and oxygen atoms in total. The Labute approximate surface area is 45.2 Å². The summed E-state index contributed by atoms with van der Waals surface area (Å²) in [6, 6.07) is 3.93. The summed E-state index contributed by atoms with van der Waals surface area (Å²) >= 11 is 0. The van der Waals surface area contributed by atoms with Gasteiger partial charge in [-0.3, -0.25) is 0 Å². The SMILES string of the molecule is O=c1cccc(O)o1. The summed E-state index contributed by atoms with van der Waals surface area (Å²) < 4.78 is 4.18. The zero-order chi connectivity index (χ0) is 5.98. The molecule has 0 unspecified atom stereocenters. The summed E-state index contributed by atoms with van der Waals surface area (Å²) in [6.07, 6.45) is 0. The van der Waals surface area contributed by atoms with Gasteiger partial charge in [-0.05, 0) is 6.07 Å². The summed E-state index contributed by atoms with van der Waals surface area (Å²) in [5, 5.41) is 8.45. The normalized spacial score (nSPS) is 9.00. The third-order valence-electron chi connectivity index (χ3n) is 0.676. The Morgan fingerprint density at radius 3 is 2.62 bits per heavy atom. The van der Waals surface area contributed by atoms with Gasteiger partial charge in [0, 0.05) is 12.1 Å². The fourth-order valence-electron chi connectivity index (χ4n) is 0.380. The van der Waals surface area contributed by atoms with Crippen LogP contribution < -0.4 is 5.63 Å². The molecule has 42 valence electrons. The van der Waals surface area contributed by atoms with Gasteiger partial charge in [-0.25, -0.2) is 4.79 Å². The average Bonchev–Trinajstić information content (AvgIpc) is 1.64. The lowest BCUT2D eigenvalue weighted by molar-refractivity contribution is 0.309. The first-order valence-corrected chi connectivity index (χ1v) is 2.08. The van der Waals surface area contributed by atoms with E-state index >= 15 is 0 Å². The summed E-state index contributed by atoms with van der Waals surface area (Å²) in [4.78, 5) is 10.2. The third kappa shape index (κ3) is 0.872. The minimum Gasteiger partial charge on any atom is -0.481 e. The van der Waals surface area contributed by atoms with Crippen LogP contribution in [0.2, 0.25) is 0 Å². The zero-order valence-corrected chi connectivity index (χ0v) is 4.00. The molecule has 0 saturated heterocycles. The van der Waals surface area contributed by atoms with E-state index in [1.807, 2.05) is 0 Å². The molecule has 1 N–H and O–H groups in total. The topological polar surface area (TPSA) is 50.4 Å². The molecular formula is C5H4O3. The molecule has 0 aliphatic carbocycles. The quantitative estimate of drug-likeness (QED) is 0.526. The fourth-order valence-corrected chi connectivity index (χ4v) is 0.380. The van der Waals surface area contributed by atoms with Crippen molar-refractivity contribution in [3.05, 3.63) is 28.6 Å². The van der Waals surface area contributed by atoms with Gasteiger partial charge in [-0.15, -0.1) is 0 Å². The monoisotopic (exact) mass is 112 g/mol. The maximum absolute atomic E-state index is 10.2. The minimum absolute atomic E-state index is 0.350. The lowest BCUT2D eigenvalue weighted by Crippen LogP contribution is -1.91. The Bertz CT molecular complexity index is 225. The number of hydrogen-bond acceptors (Lipinski definition) is 3. The van der Waals surface area contributed by atoms with Crippen molar-refractivity contribution in [2.75, 3.05) is 0 Å². The van der Waals surface area contributed by atoms with Gasteiger partial charge in [-0.1, -0.05) is 0 Å². The van der Waals surface area contributed by atoms with Crippen molar-refractivity contribution in [2.45, 2.75) is 0 Å². The predicted octanol–water partition coefficient (Wildman–Crippen LogP) is 0.345. The van der Waals surface area contributed by atoms with Crippen LogP contribution >= 0.6 is 0 Å². The van der Waals surface area contributed by atoms with Crippen molar-refractivity contribution >= 4 is 0 Å². The van der Waals surface area contributed by atoms with E-state index < -0.39 is 5.63 Å². The Morgan fingerprint density at radius 1 is 1.50 bits per heavy atom. The molecule has 0 amide bonds.